The molecule has 1 heterocycles. The molecule has 1 rings (SSSR count). The zero-order valence-corrected chi connectivity index (χ0v) is 10.9. The maximum absolute atomic E-state index is 8.85. The molecule has 0 aliphatic carbocycles. The fraction of sp³-hybridized carbons (Fsp3) is 0.500. The van der Waals surface area contributed by atoms with E-state index in [9.17, 15) is 0 Å². The molecule has 1 aromatic rings. The van der Waals surface area contributed by atoms with Gasteiger partial charge < -0.3 is 15.8 Å². The largest absolute Gasteiger partial charge is 0.409 e. The maximum Gasteiger partial charge on any atom is 0.174 e. The third kappa shape index (κ3) is 2.67. The van der Waals surface area contributed by atoms with E-state index < -0.39 is 0 Å². The first-order chi connectivity index (χ1) is 8.04. The molecule has 0 spiro atoms. The van der Waals surface area contributed by atoms with Crippen LogP contribution in [0, 0.1) is 13.8 Å². The van der Waals surface area contributed by atoms with Gasteiger partial charge in [0.15, 0.2) is 5.84 Å². The standard InChI is InChI=1S/C12H20N4O/c1-5-16(6-2)10-7-8(3)14-9(4)11(10)12(13)15-17/h7,17H,5-6H2,1-4H3,(H2,13,15). The molecule has 5 nitrogen and oxygen atoms in total. The minimum atomic E-state index is 0.108. The minimum absolute atomic E-state index is 0.108. The van der Waals surface area contributed by atoms with Crippen molar-refractivity contribution in [3.05, 3.63) is 23.0 Å². The molecule has 0 fully saturated rings. The first-order valence-electron chi connectivity index (χ1n) is 5.76. The highest BCUT2D eigenvalue weighted by Crippen LogP contribution is 2.23. The predicted molar refractivity (Wildman–Crippen MR) is 69.8 cm³/mol. The van der Waals surface area contributed by atoms with Gasteiger partial charge in [-0.05, 0) is 33.8 Å². The van der Waals surface area contributed by atoms with Crippen LogP contribution >= 0.6 is 0 Å². The quantitative estimate of drug-likeness (QED) is 0.361. The van der Waals surface area contributed by atoms with Crippen LogP contribution in [0.1, 0.15) is 30.8 Å². The lowest BCUT2D eigenvalue weighted by atomic mass is 10.1. The lowest BCUT2D eigenvalue weighted by Crippen LogP contribution is -2.27. The second kappa shape index (κ2) is 5.52. The lowest BCUT2D eigenvalue weighted by molar-refractivity contribution is 0.318. The maximum atomic E-state index is 8.85. The zero-order chi connectivity index (χ0) is 13.0. The monoisotopic (exact) mass is 236 g/mol. The normalized spacial score (nSPS) is 11.6. The Kier molecular flexibility index (Phi) is 4.31. The Morgan fingerprint density at radius 2 is 2.00 bits per heavy atom. The highest BCUT2D eigenvalue weighted by Gasteiger charge is 2.16. The van der Waals surface area contributed by atoms with Crippen molar-refractivity contribution in [1.82, 2.24) is 4.98 Å². The molecule has 0 saturated carbocycles. The van der Waals surface area contributed by atoms with E-state index in [1.54, 1.807) is 0 Å². The Morgan fingerprint density at radius 3 is 2.47 bits per heavy atom. The number of hydrogen-bond acceptors (Lipinski definition) is 4. The molecule has 0 saturated heterocycles. The Morgan fingerprint density at radius 1 is 1.41 bits per heavy atom. The van der Waals surface area contributed by atoms with E-state index in [1.165, 1.54) is 0 Å². The number of oxime groups is 1. The second-order valence-electron chi connectivity index (χ2n) is 3.90. The average molecular weight is 236 g/mol. The summed E-state index contributed by atoms with van der Waals surface area (Å²) in [6, 6.07) is 1.97. The van der Waals surface area contributed by atoms with Crippen molar-refractivity contribution in [2.24, 2.45) is 10.9 Å². The Hall–Kier alpha value is -1.78. The second-order valence-corrected chi connectivity index (χ2v) is 3.90. The molecule has 0 atom stereocenters. The number of pyridine rings is 1. The summed E-state index contributed by atoms with van der Waals surface area (Å²) in [5, 5.41) is 11.9. The Labute approximate surface area is 102 Å². The van der Waals surface area contributed by atoms with Gasteiger partial charge in [-0.3, -0.25) is 4.98 Å². The number of amidine groups is 1. The summed E-state index contributed by atoms with van der Waals surface area (Å²) < 4.78 is 0. The van der Waals surface area contributed by atoms with Crippen LogP contribution in [0.3, 0.4) is 0 Å². The Bertz CT molecular complexity index is 425. The van der Waals surface area contributed by atoms with E-state index in [2.05, 4.69) is 28.9 Å². The molecule has 0 bridgehead atoms. The van der Waals surface area contributed by atoms with Crippen molar-refractivity contribution in [2.75, 3.05) is 18.0 Å². The van der Waals surface area contributed by atoms with Crippen molar-refractivity contribution in [3.8, 4) is 0 Å². The van der Waals surface area contributed by atoms with E-state index >= 15 is 0 Å². The summed E-state index contributed by atoms with van der Waals surface area (Å²) >= 11 is 0. The van der Waals surface area contributed by atoms with Crippen molar-refractivity contribution >= 4 is 11.5 Å². The number of anilines is 1. The molecule has 0 aliphatic heterocycles. The molecule has 3 N–H and O–H groups in total. The third-order valence-electron chi connectivity index (χ3n) is 2.78. The van der Waals surface area contributed by atoms with Crippen LogP contribution in [-0.2, 0) is 0 Å². The summed E-state index contributed by atoms with van der Waals surface area (Å²) in [7, 11) is 0. The zero-order valence-electron chi connectivity index (χ0n) is 10.9. The topological polar surface area (TPSA) is 74.7 Å². The van der Waals surface area contributed by atoms with Gasteiger partial charge in [-0.25, -0.2) is 0 Å². The highest BCUT2D eigenvalue weighted by atomic mass is 16.4. The van der Waals surface area contributed by atoms with Gasteiger partial charge in [0.1, 0.15) is 0 Å². The van der Waals surface area contributed by atoms with Crippen LogP contribution in [0.2, 0.25) is 0 Å². The summed E-state index contributed by atoms with van der Waals surface area (Å²) in [6.07, 6.45) is 0. The number of aromatic nitrogens is 1. The molecule has 17 heavy (non-hydrogen) atoms. The first kappa shape index (κ1) is 13.3. The van der Waals surface area contributed by atoms with E-state index in [4.69, 9.17) is 10.9 Å². The van der Waals surface area contributed by atoms with Crippen LogP contribution in [0.4, 0.5) is 5.69 Å². The SMILES string of the molecule is CCN(CC)c1cc(C)nc(C)c1/C(N)=N/O. The summed E-state index contributed by atoms with van der Waals surface area (Å²) in [5.74, 6) is 0.108. The average Bonchev–Trinajstić information content (AvgIpc) is 2.29. The van der Waals surface area contributed by atoms with E-state index in [0.717, 1.165) is 30.2 Å². The molecule has 5 heteroatoms. The molecule has 0 aliphatic rings. The van der Waals surface area contributed by atoms with Crippen molar-refractivity contribution in [1.29, 1.82) is 0 Å². The van der Waals surface area contributed by atoms with E-state index in [0.29, 0.717) is 5.56 Å². The molecule has 1 aromatic heterocycles. The van der Waals surface area contributed by atoms with Gasteiger partial charge in [0.05, 0.1) is 16.9 Å². The Balaban J connectivity index is 3.44. The number of aryl methyl sites for hydroxylation is 2. The van der Waals surface area contributed by atoms with Crippen molar-refractivity contribution < 1.29 is 5.21 Å². The van der Waals surface area contributed by atoms with Crippen molar-refractivity contribution in [2.45, 2.75) is 27.7 Å². The molecular weight excluding hydrogens is 216 g/mol. The van der Waals surface area contributed by atoms with Crippen LogP contribution in [0.5, 0.6) is 0 Å². The molecule has 0 radical (unpaired) electrons. The van der Waals surface area contributed by atoms with Gasteiger partial charge in [-0.1, -0.05) is 5.16 Å². The number of rotatable bonds is 4. The van der Waals surface area contributed by atoms with E-state index in [1.807, 2.05) is 19.9 Å². The van der Waals surface area contributed by atoms with E-state index in [-0.39, 0.29) is 5.84 Å². The first-order valence-corrected chi connectivity index (χ1v) is 5.76. The number of nitrogens with zero attached hydrogens (tertiary/aromatic N) is 3. The van der Waals surface area contributed by atoms with Crippen LogP contribution in [0.15, 0.2) is 11.2 Å². The van der Waals surface area contributed by atoms with Crippen LogP contribution in [0.25, 0.3) is 0 Å². The van der Waals surface area contributed by atoms with Gasteiger partial charge in [-0.2, -0.15) is 0 Å². The lowest BCUT2D eigenvalue weighted by Gasteiger charge is -2.25. The van der Waals surface area contributed by atoms with Crippen LogP contribution in [-0.4, -0.2) is 29.1 Å². The fourth-order valence-corrected chi connectivity index (χ4v) is 1.99. The molecule has 0 unspecified atom stereocenters. The van der Waals surface area contributed by atoms with Gasteiger partial charge in [-0.15, -0.1) is 0 Å². The smallest absolute Gasteiger partial charge is 0.174 e. The van der Waals surface area contributed by atoms with Crippen molar-refractivity contribution in [3.63, 3.8) is 0 Å². The minimum Gasteiger partial charge on any atom is -0.409 e. The highest BCUT2D eigenvalue weighted by molar-refractivity contribution is 6.03. The summed E-state index contributed by atoms with van der Waals surface area (Å²) in [4.78, 5) is 6.52. The molecule has 0 amide bonds. The summed E-state index contributed by atoms with van der Waals surface area (Å²) in [6.45, 7) is 9.69. The van der Waals surface area contributed by atoms with Crippen LogP contribution < -0.4 is 10.6 Å². The third-order valence-corrected chi connectivity index (χ3v) is 2.78. The van der Waals surface area contributed by atoms with Gasteiger partial charge in [0.25, 0.3) is 0 Å². The van der Waals surface area contributed by atoms with Gasteiger partial charge in [0, 0.05) is 18.8 Å². The number of nitrogens with two attached hydrogens (primary N) is 1. The predicted octanol–water partition coefficient (Wildman–Crippen LogP) is 1.64. The molecular formula is C12H20N4O. The molecule has 0 aromatic carbocycles. The van der Waals surface area contributed by atoms with Gasteiger partial charge in [0.2, 0.25) is 0 Å². The van der Waals surface area contributed by atoms with Gasteiger partial charge >= 0.3 is 0 Å². The number of hydrogen-bond donors (Lipinski definition) is 2. The molecule has 94 valence electrons. The summed E-state index contributed by atoms with van der Waals surface area (Å²) in [5.41, 5.74) is 9.11. The fourth-order valence-electron chi connectivity index (χ4n) is 1.99.